The molecule has 4 rings (SSSR count). The Morgan fingerprint density at radius 1 is 1.00 bits per heavy atom. The fraction of sp³-hybridized carbons (Fsp3) is 0.167. The number of benzene rings is 2. The van der Waals surface area contributed by atoms with E-state index in [0.29, 0.717) is 17.8 Å². The molecule has 2 aliphatic heterocycles. The smallest absolute Gasteiger partial charge is 0.281 e. The lowest BCUT2D eigenvalue weighted by atomic mass is 9.93. The van der Waals surface area contributed by atoms with Gasteiger partial charge >= 0.3 is 0 Å². The highest BCUT2D eigenvalue weighted by atomic mass is 79.9. The molecule has 0 bridgehead atoms. The number of para-hydroxylation sites is 1. The normalized spacial score (nSPS) is 22.9. The maximum Gasteiger partial charge on any atom is 0.281 e. The van der Waals surface area contributed by atoms with E-state index in [2.05, 4.69) is 21.1 Å². The van der Waals surface area contributed by atoms with E-state index in [9.17, 15) is 9.59 Å². The topological polar surface area (TPSA) is 59.0 Å². The summed E-state index contributed by atoms with van der Waals surface area (Å²) in [4.78, 5) is 32.0. The predicted octanol–water partition coefficient (Wildman–Crippen LogP) is 3.28. The van der Waals surface area contributed by atoms with Gasteiger partial charge in [-0.25, -0.2) is 4.90 Å². The van der Waals surface area contributed by atoms with Crippen LogP contribution in [0, 0.1) is 0 Å². The first-order chi connectivity index (χ1) is 11.6. The highest BCUT2D eigenvalue weighted by Crippen LogP contribution is 2.39. The molecule has 2 aromatic rings. The van der Waals surface area contributed by atoms with Gasteiger partial charge in [-0.1, -0.05) is 51.4 Å². The van der Waals surface area contributed by atoms with Crippen molar-refractivity contribution in [2.45, 2.75) is 18.4 Å². The summed E-state index contributed by atoms with van der Waals surface area (Å²) in [6.45, 7) is 0. The van der Waals surface area contributed by atoms with Crippen LogP contribution in [0.5, 0.6) is 0 Å². The van der Waals surface area contributed by atoms with Gasteiger partial charge in [0.1, 0.15) is 0 Å². The Balaban J connectivity index is 1.61. The van der Waals surface area contributed by atoms with Crippen molar-refractivity contribution in [2.24, 2.45) is 5.16 Å². The van der Waals surface area contributed by atoms with E-state index in [1.54, 1.807) is 24.3 Å². The monoisotopic (exact) mass is 384 g/mol. The van der Waals surface area contributed by atoms with Crippen molar-refractivity contribution < 1.29 is 14.4 Å². The van der Waals surface area contributed by atoms with Crippen LogP contribution in [0.4, 0.5) is 5.69 Å². The molecule has 1 fully saturated rings. The number of hydrogen-bond donors (Lipinski definition) is 0. The van der Waals surface area contributed by atoms with E-state index in [1.165, 1.54) is 4.90 Å². The molecule has 2 aliphatic rings. The number of imide groups is 1. The van der Waals surface area contributed by atoms with Gasteiger partial charge in [0.15, 0.2) is 0 Å². The summed E-state index contributed by atoms with van der Waals surface area (Å²) in [5.41, 5.74) is 0.909. The van der Waals surface area contributed by atoms with Gasteiger partial charge in [-0.15, -0.1) is 0 Å². The Morgan fingerprint density at radius 2 is 1.71 bits per heavy atom. The van der Waals surface area contributed by atoms with Crippen molar-refractivity contribution in [3.8, 4) is 0 Å². The first-order valence-electron chi connectivity index (χ1n) is 7.52. The van der Waals surface area contributed by atoms with Crippen LogP contribution in [0.3, 0.4) is 0 Å². The second-order valence-electron chi connectivity index (χ2n) is 5.85. The molecular formula is C18H13BrN2O3. The van der Waals surface area contributed by atoms with Gasteiger partial charge in [-0.05, 0) is 29.8 Å². The van der Waals surface area contributed by atoms with Crippen LogP contribution in [0.25, 0.3) is 0 Å². The molecule has 0 aliphatic carbocycles. The van der Waals surface area contributed by atoms with Crippen LogP contribution in [-0.2, 0) is 14.4 Å². The van der Waals surface area contributed by atoms with Gasteiger partial charge in [-0.2, -0.15) is 0 Å². The van der Waals surface area contributed by atoms with E-state index in [1.807, 2.05) is 30.3 Å². The third-order valence-corrected chi connectivity index (χ3v) is 4.78. The number of anilines is 1. The number of hydrogen-bond acceptors (Lipinski definition) is 4. The first kappa shape index (κ1) is 15.1. The van der Waals surface area contributed by atoms with E-state index < -0.39 is 5.60 Å². The van der Waals surface area contributed by atoms with Crippen molar-refractivity contribution in [3.05, 3.63) is 64.6 Å². The zero-order chi connectivity index (χ0) is 16.7. The number of nitrogens with zero attached hydrogens (tertiary/aromatic N) is 2. The van der Waals surface area contributed by atoms with Crippen molar-refractivity contribution in [3.63, 3.8) is 0 Å². The van der Waals surface area contributed by atoms with Crippen LogP contribution in [0.15, 0.2) is 64.2 Å². The van der Waals surface area contributed by atoms with Crippen LogP contribution in [0.2, 0.25) is 0 Å². The molecule has 0 unspecified atom stereocenters. The number of carbonyl (C=O) groups excluding carboxylic acids is 2. The first-order valence-corrected chi connectivity index (χ1v) is 8.32. The van der Waals surface area contributed by atoms with Crippen molar-refractivity contribution in [2.75, 3.05) is 4.90 Å². The van der Waals surface area contributed by atoms with Gasteiger partial charge in [0.25, 0.3) is 5.91 Å². The van der Waals surface area contributed by atoms with E-state index in [-0.39, 0.29) is 18.2 Å². The molecule has 5 nitrogen and oxygen atoms in total. The molecule has 24 heavy (non-hydrogen) atoms. The maximum absolute atomic E-state index is 12.9. The summed E-state index contributed by atoms with van der Waals surface area (Å²) >= 11 is 3.39. The molecule has 2 aromatic carbocycles. The quantitative estimate of drug-likeness (QED) is 0.746. The fourth-order valence-corrected chi connectivity index (χ4v) is 3.30. The average molecular weight is 385 g/mol. The molecule has 6 heteroatoms. The molecule has 0 radical (unpaired) electrons. The van der Waals surface area contributed by atoms with E-state index in [4.69, 9.17) is 4.84 Å². The van der Waals surface area contributed by atoms with Crippen LogP contribution >= 0.6 is 15.9 Å². The lowest BCUT2D eigenvalue weighted by Gasteiger charge is -2.19. The molecule has 1 atom stereocenters. The number of rotatable bonds is 2. The van der Waals surface area contributed by atoms with E-state index in [0.717, 1.165) is 10.0 Å². The average Bonchev–Trinajstić information content (AvgIpc) is 3.11. The summed E-state index contributed by atoms with van der Waals surface area (Å²) in [5, 5.41) is 4.09. The molecule has 0 N–H and O–H groups in total. The largest absolute Gasteiger partial charge is 0.378 e. The molecular weight excluding hydrogens is 372 g/mol. The standard InChI is InChI=1S/C18H13BrN2O3/c19-13-8-6-12(7-9-13)15-10-18(24-20-15)11-16(22)21(17(18)23)14-4-2-1-3-5-14/h1-9H,10-11H2/t18-/m1/s1. The minimum absolute atomic E-state index is 0.00422. The lowest BCUT2D eigenvalue weighted by Crippen LogP contribution is -2.40. The zero-order valence-corrected chi connectivity index (χ0v) is 14.2. The number of halogens is 1. The number of carbonyl (C=O) groups is 2. The number of oxime groups is 1. The number of amides is 2. The van der Waals surface area contributed by atoms with Crippen molar-refractivity contribution in [1.82, 2.24) is 0 Å². The third kappa shape index (κ3) is 2.34. The van der Waals surface area contributed by atoms with Crippen molar-refractivity contribution >= 4 is 39.1 Å². The Bertz CT molecular complexity index is 848. The summed E-state index contributed by atoms with van der Waals surface area (Å²) < 4.78 is 0.961. The second kappa shape index (κ2) is 5.56. The maximum atomic E-state index is 12.9. The van der Waals surface area contributed by atoms with Crippen LogP contribution in [-0.4, -0.2) is 23.1 Å². The fourth-order valence-electron chi connectivity index (χ4n) is 3.04. The second-order valence-corrected chi connectivity index (χ2v) is 6.77. The molecule has 2 heterocycles. The molecule has 1 spiro atoms. The predicted molar refractivity (Wildman–Crippen MR) is 92.7 cm³/mol. The van der Waals surface area contributed by atoms with Gasteiger partial charge in [0, 0.05) is 10.9 Å². The Kier molecular flexibility index (Phi) is 3.49. The van der Waals surface area contributed by atoms with Gasteiger partial charge in [0.2, 0.25) is 11.5 Å². The summed E-state index contributed by atoms with van der Waals surface area (Å²) in [6, 6.07) is 16.5. The minimum atomic E-state index is -1.21. The third-order valence-electron chi connectivity index (χ3n) is 4.25. The highest BCUT2D eigenvalue weighted by molar-refractivity contribution is 9.10. The van der Waals surface area contributed by atoms with Crippen LogP contribution in [0.1, 0.15) is 18.4 Å². The summed E-state index contributed by atoms with van der Waals surface area (Å²) in [5.74, 6) is -0.618. The van der Waals surface area contributed by atoms with E-state index >= 15 is 0 Å². The molecule has 120 valence electrons. The van der Waals surface area contributed by atoms with Gasteiger partial charge < -0.3 is 4.84 Å². The summed E-state index contributed by atoms with van der Waals surface area (Å²) in [6.07, 6.45) is 0.298. The molecule has 2 amide bonds. The van der Waals surface area contributed by atoms with Gasteiger partial charge in [-0.3, -0.25) is 9.59 Å². The highest BCUT2D eigenvalue weighted by Gasteiger charge is 2.57. The Morgan fingerprint density at radius 3 is 2.42 bits per heavy atom. The molecule has 0 aromatic heterocycles. The molecule has 1 saturated heterocycles. The minimum Gasteiger partial charge on any atom is -0.378 e. The van der Waals surface area contributed by atoms with Gasteiger partial charge in [0.05, 0.1) is 17.8 Å². The Labute approximate surface area is 147 Å². The van der Waals surface area contributed by atoms with Crippen LogP contribution < -0.4 is 4.90 Å². The Hall–Kier alpha value is -2.47. The molecule has 0 saturated carbocycles. The summed E-state index contributed by atoms with van der Waals surface area (Å²) in [7, 11) is 0. The van der Waals surface area contributed by atoms with Crippen molar-refractivity contribution in [1.29, 1.82) is 0 Å². The SMILES string of the molecule is O=C1C[C@]2(CC(c3ccc(Br)cc3)=NO2)C(=O)N1c1ccccc1. The lowest BCUT2D eigenvalue weighted by molar-refractivity contribution is -0.136. The zero-order valence-electron chi connectivity index (χ0n) is 12.6.